The van der Waals surface area contributed by atoms with E-state index >= 15 is 0 Å². The zero-order chi connectivity index (χ0) is 7.68. The summed E-state index contributed by atoms with van der Waals surface area (Å²) in [5, 5.41) is 3.28. The predicted molar refractivity (Wildman–Crippen MR) is 47.3 cm³/mol. The zero-order valence-corrected chi connectivity index (χ0v) is 7.69. The first-order valence-corrected chi connectivity index (χ1v) is 4.50. The Morgan fingerprint density at radius 2 is 2.36 bits per heavy atom. The average molecular weight is 213 g/mol. The Labute approximate surface area is 74.2 Å². The van der Waals surface area contributed by atoms with Gasteiger partial charge < -0.3 is 5.32 Å². The van der Waals surface area contributed by atoms with Crippen molar-refractivity contribution in [1.29, 1.82) is 0 Å². The minimum absolute atomic E-state index is 0.911. The van der Waals surface area contributed by atoms with Crippen LogP contribution in [0.25, 0.3) is 0 Å². The van der Waals surface area contributed by atoms with Crippen molar-refractivity contribution in [2.24, 2.45) is 0 Å². The van der Waals surface area contributed by atoms with Gasteiger partial charge in [-0.25, -0.2) is 4.98 Å². The summed E-state index contributed by atoms with van der Waals surface area (Å²) in [7, 11) is 0. The molecule has 1 aliphatic heterocycles. The van der Waals surface area contributed by atoms with Gasteiger partial charge in [0.2, 0.25) is 0 Å². The number of nitrogens with one attached hydrogen (secondary N) is 1. The first kappa shape index (κ1) is 7.25. The summed E-state index contributed by atoms with van der Waals surface area (Å²) in [6, 6.07) is 4.15. The molecule has 0 spiro atoms. The Hall–Kier alpha value is -0.410. The van der Waals surface area contributed by atoms with Crippen LogP contribution in [0.1, 0.15) is 11.3 Å². The van der Waals surface area contributed by atoms with Crippen molar-refractivity contribution in [3.63, 3.8) is 0 Å². The van der Waals surface area contributed by atoms with Crippen molar-refractivity contribution in [2.75, 3.05) is 6.54 Å². The van der Waals surface area contributed by atoms with Crippen molar-refractivity contribution >= 4 is 15.9 Å². The van der Waals surface area contributed by atoms with Crippen molar-refractivity contribution in [3.8, 4) is 0 Å². The highest BCUT2D eigenvalue weighted by Crippen LogP contribution is 2.14. The number of pyridine rings is 1. The first-order valence-electron chi connectivity index (χ1n) is 3.71. The normalized spacial score (nSPS) is 16.1. The molecule has 11 heavy (non-hydrogen) atoms. The van der Waals surface area contributed by atoms with Gasteiger partial charge in [-0.3, -0.25) is 0 Å². The van der Waals surface area contributed by atoms with Crippen LogP contribution < -0.4 is 5.32 Å². The fourth-order valence-electron chi connectivity index (χ4n) is 1.31. The third-order valence-electron chi connectivity index (χ3n) is 1.90. The van der Waals surface area contributed by atoms with Crippen LogP contribution in [0.3, 0.4) is 0 Å². The summed E-state index contributed by atoms with van der Waals surface area (Å²) >= 11 is 3.35. The third-order valence-corrected chi connectivity index (χ3v) is 2.34. The van der Waals surface area contributed by atoms with Gasteiger partial charge in [-0.1, -0.05) is 6.07 Å². The lowest BCUT2D eigenvalue weighted by Crippen LogP contribution is -2.24. The molecule has 3 heteroatoms. The van der Waals surface area contributed by atoms with Crippen LogP contribution in [0.5, 0.6) is 0 Å². The lowest BCUT2D eigenvalue weighted by atomic mass is 10.1. The molecule has 0 bridgehead atoms. The Morgan fingerprint density at radius 3 is 3.27 bits per heavy atom. The Kier molecular flexibility index (Phi) is 1.92. The molecule has 1 N–H and O–H groups in total. The minimum atomic E-state index is 0.911. The molecule has 1 aromatic heterocycles. The smallest absolute Gasteiger partial charge is 0.106 e. The van der Waals surface area contributed by atoms with E-state index in [0.717, 1.165) is 24.1 Å². The molecule has 1 aliphatic rings. The van der Waals surface area contributed by atoms with Crippen LogP contribution in [0.2, 0.25) is 0 Å². The van der Waals surface area contributed by atoms with E-state index in [1.54, 1.807) is 0 Å². The third kappa shape index (κ3) is 1.44. The topological polar surface area (TPSA) is 24.9 Å². The molecule has 0 unspecified atom stereocenters. The van der Waals surface area contributed by atoms with Gasteiger partial charge >= 0.3 is 0 Å². The van der Waals surface area contributed by atoms with E-state index in [0.29, 0.717) is 0 Å². The molecule has 2 nitrogen and oxygen atoms in total. The number of halogens is 1. The molecule has 0 aliphatic carbocycles. The highest BCUT2D eigenvalue weighted by Gasteiger charge is 2.08. The number of fused-ring (bicyclic) bond motifs is 1. The largest absolute Gasteiger partial charge is 0.311 e. The zero-order valence-electron chi connectivity index (χ0n) is 6.10. The molecule has 0 fully saturated rings. The minimum Gasteiger partial charge on any atom is -0.311 e. The van der Waals surface area contributed by atoms with Crippen LogP contribution in [-0.4, -0.2) is 11.5 Å². The van der Waals surface area contributed by atoms with Crippen molar-refractivity contribution in [1.82, 2.24) is 10.3 Å². The second-order valence-electron chi connectivity index (χ2n) is 2.67. The summed E-state index contributed by atoms with van der Waals surface area (Å²) < 4.78 is 0.931. The molecule has 1 aromatic rings. The molecule has 0 saturated carbocycles. The molecule has 2 rings (SSSR count). The highest BCUT2D eigenvalue weighted by molar-refractivity contribution is 9.10. The van der Waals surface area contributed by atoms with Crippen LogP contribution in [0.4, 0.5) is 0 Å². The summed E-state index contributed by atoms with van der Waals surface area (Å²) in [5.41, 5.74) is 2.57. The van der Waals surface area contributed by atoms with Crippen LogP contribution >= 0.6 is 15.9 Å². The maximum absolute atomic E-state index is 4.37. The van der Waals surface area contributed by atoms with E-state index in [9.17, 15) is 0 Å². The van der Waals surface area contributed by atoms with Crippen LogP contribution in [-0.2, 0) is 13.0 Å². The SMILES string of the molecule is Brc1ccc2c(n1)CNCC2. The van der Waals surface area contributed by atoms with Gasteiger partial charge in [0, 0.05) is 6.54 Å². The van der Waals surface area contributed by atoms with Gasteiger partial charge in [0.15, 0.2) is 0 Å². The predicted octanol–water partition coefficient (Wildman–Crippen LogP) is 1.49. The number of rotatable bonds is 0. The molecule has 0 aromatic carbocycles. The molecule has 0 radical (unpaired) electrons. The maximum atomic E-state index is 4.37. The summed E-state index contributed by atoms with van der Waals surface area (Å²) in [4.78, 5) is 4.37. The summed E-state index contributed by atoms with van der Waals surface area (Å²) in [6.45, 7) is 1.99. The number of hydrogen-bond donors (Lipinski definition) is 1. The standard InChI is InChI=1S/C8H9BrN2/c9-8-2-1-6-3-4-10-5-7(6)11-8/h1-2,10H,3-5H2. The van der Waals surface area contributed by atoms with Crippen molar-refractivity contribution < 1.29 is 0 Å². The molecule has 58 valence electrons. The van der Waals surface area contributed by atoms with Crippen molar-refractivity contribution in [2.45, 2.75) is 13.0 Å². The molecule has 0 amide bonds. The lowest BCUT2D eigenvalue weighted by molar-refractivity contribution is 0.626. The quantitative estimate of drug-likeness (QED) is 0.660. The Morgan fingerprint density at radius 1 is 1.45 bits per heavy atom. The van der Waals surface area contributed by atoms with Gasteiger partial charge in [0.05, 0.1) is 5.69 Å². The van der Waals surface area contributed by atoms with Gasteiger partial charge in [-0.05, 0) is 40.5 Å². The fraction of sp³-hybridized carbons (Fsp3) is 0.375. The van der Waals surface area contributed by atoms with Crippen LogP contribution in [0, 0.1) is 0 Å². The van der Waals surface area contributed by atoms with E-state index in [-0.39, 0.29) is 0 Å². The summed E-state index contributed by atoms with van der Waals surface area (Å²) in [5.74, 6) is 0. The summed E-state index contributed by atoms with van der Waals surface area (Å²) in [6.07, 6.45) is 1.11. The molecule has 0 saturated heterocycles. The monoisotopic (exact) mass is 212 g/mol. The van der Waals surface area contributed by atoms with Gasteiger partial charge in [0.1, 0.15) is 4.60 Å². The van der Waals surface area contributed by atoms with E-state index in [1.807, 2.05) is 6.07 Å². The average Bonchev–Trinajstić information content (AvgIpc) is 2.04. The van der Waals surface area contributed by atoms with Gasteiger partial charge in [-0.15, -0.1) is 0 Å². The van der Waals surface area contributed by atoms with E-state index < -0.39 is 0 Å². The first-order chi connectivity index (χ1) is 5.36. The second kappa shape index (κ2) is 2.91. The van der Waals surface area contributed by atoms with Gasteiger partial charge in [0.25, 0.3) is 0 Å². The Bertz CT molecular complexity index is 273. The second-order valence-corrected chi connectivity index (χ2v) is 3.48. The van der Waals surface area contributed by atoms with E-state index in [2.05, 4.69) is 32.3 Å². The number of nitrogens with zero attached hydrogens (tertiary/aromatic N) is 1. The molecular formula is C8H9BrN2. The Balaban J connectivity index is 2.43. The molecule has 2 heterocycles. The van der Waals surface area contributed by atoms with Crippen molar-refractivity contribution in [3.05, 3.63) is 28.0 Å². The number of hydrogen-bond acceptors (Lipinski definition) is 2. The molecular weight excluding hydrogens is 204 g/mol. The van der Waals surface area contributed by atoms with E-state index in [1.165, 1.54) is 11.3 Å². The van der Waals surface area contributed by atoms with Crippen LogP contribution in [0.15, 0.2) is 16.7 Å². The van der Waals surface area contributed by atoms with E-state index in [4.69, 9.17) is 0 Å². The fourth-order valence-corrected chi connectivity index (χ4v) is 1.66. The lowest BCUT2D eigenvalue weighted by Gasteiger charge is -2.15. The van der Waals surface area contributed by atoms with Gasteiger partial charge in [-0.2, -0.15) is 0 Å². The highest BCUT2D eigenvalue weighted by atomic mass is 79.9. The maximum Gasteiger partial charge on any atom is 0.106 e. The number of aromatic nitrogens is 1. The molecule has 0 atom stereocenters.